The van der Waals surface area contributed by atoms with Gasteiger partial charge in [-0.15, -0.1) is 0 Å². The third kappa shape index (κ3) is 7.22. The number of phenolic OH excluding ortho intramolecular Hbond substituents is 9. The second kappa shape index (κ2) is 17.7. The number of phenols is 9. The molecule has 0 fully saturated rings. The second-order valence-electron chi connectivity index (χ2n) is 13.5. The van der Waals surface area contributed by atoms with Crippen molar-refractivity contribution in [3.05, 3.63) is 119 Å². The van der Waals surface area contributed by atoms with Crippen LogP contribution in [0.1, 0.15) is 32.8 Å². The van der Waals surface area contributed by atoms with Crippen LogP contribution in [0, 0.1) is 0 Å². The van der Waals surface area contributed by atoms with Crippen LogP contribution in [0.3, 0.4) is 0 Å². The maximum Gasteiger partial charge on any atom is 0.208 e. The van der Waals surface area contributed by atoms with Crippen molar-refractivity contribution in [3.63, 3.8) is 0 Å². The van der Waals surface area contributed by atoms with E-state index in [-0.39, 0.29) is 28.7 Å². The molecule has 0 radical (unpaired) electrons. The molecule has 12 heteroatoms. The molecule has 0 bridgehead atoms. The van der Waals surface area contributed by atoms with E-state index in [1.165, 1.54) is 12.1 Å². The number of halogens is 1. The molecule has 8 rings (SSSR count). The van der Waals surface area contributed by atoms with E-state index in [2.05, 4.69) is 28.6 Å². The Bertz CT molecular complexity index is 2830. The van der Waals surface area contributed by atoms with Crippen molar-refractivity contribution in [1.82, 2.24) is 4.57 Å². The van der Waals surface area contributed by atoms with Crippen molar-refractivity contribution >= 4 is 50.4 Å². The molecule has 0 aliphatic heterocycles. The Morgan fingerprint density at radius 3 is 1.55 bits per heavy atom. The quantitative estimate of drug-likeness (QED) is 0.0422. The molecule has 1 heterocycles. The molecule has 308 valence electrons. The van der Waals surface area contributed by atoms with Crippen molar-refractivity contribution in [2.75, 3.05) is 6.26 Å². The summed E-state index contributed by atoms with van der Waals surface area (Å²) in [6.07, 6.45) is 2.33. The van der Waals surface area contributed by atoms with E-state index in [1.807, 2.05) is 109 Å². The Kier molecular flexibility index (Phi) is 12.7. The number of hydrogen-bond donors (Lipinski definition) is 10. The summed E-state index contributed by atoms with van der Waals surface area (Å²) in [5.41, 5.74) is 4.59. The number of rotatable bonds is 7. The van der Waals surface area contributed by atoms with Crippen LogP contribution in [0.2, 0.25) is 0 Å². The van der Waals surface area contributed by atoms with Gasteiger partial charge in [0.2, 0.25) is 17.2 Å². The van der Waals surface area contributed by atoms with Gasteiger partial charge in [-0.05, 0) is 76.9 Å². The van der Waals surface area contributed by atoms with Gasteiger partial charge in [-0.3, -0.25) is 0 Å². The van der Waals surface area contributed by atoms with E-state index in [0.29, 0.717) is 23.1 Å². The molecule has 0 atom stereocenters. The summed E-state index contributed by atoms with van der Waals surface area (Å²) in [6.45, 7) is 5.80. The summed E-state index contributed by atoms with van der Waals surface area (Å²) < 4.78 is 2.82. The lowest BCUT2D eigenvalue weighted by atomic mass is 9.92. The first-order valence-electron chi connectivity index (χ1n) is 19.1. The maximum absolute atomic E-state index is 11.3. The predicted octanol–water partition coefficient (Wildman–Crippen LogP) is 12.1. The monoisotopic (exact) mass is 889 g/mol. The van der Waals surface area contributed by atoms with Gasteiger partial charge in [-0.1, -0.05) is 116 Å². The standard InChI is InChI=1S/C45H34BrNO9.C2H6.CH4S/c1-2-7-30-37(48)39(50)35(40(51)38(30)49)24-15-19-33(31(20-24)36-41(52)43(54)45(56)44(55)42(36)53)47-32-11-6-5-10-28(32)29-18-14-23(21-34(29)47)27-9-4-3-8-26(27)22-12-16-25(46)17-13-22;2*1-2/h3-6,8-21,48-56H,2,7H2,1H3;1-2H3;2H,1H3. The van der Waals surface area contributed by atoms with Crippen molar-refractivity contribution in [1.29, 1.82) is 0 Å². The minimum atomic E-state index is -1.15. The van der Waals surface area contributed by atoms with Crippen molar-refractivity contribution in [2.24, 2.45) is 0 Å². The maximum atomic E-state index is 11.3. The molecule has 0 saturated carbocycles. The molecule has 0 unspecified atom stereocenters. The fraction of sp³-hybridized carbons (Fsp3) is 0.125. The highest BCUT2D eigenvalue weighted by Gasteiger charge is 2.30. The second-order valence-corrected chi connectivity index (χ2v) is 14.4. The lowest BCUT2D eigenvalue weighted by molar-refractivity contribution is 0.330. The predicted molar refractivity (Wildman–Crippen MR) is 245 cm³/mol. The van der Waals surface area contributed by atoms with Crippen molar-refractivity contribution < 1.29 is 46.0 Å². The third-order valence-corrected chi connectivity index (χ3v) is 10.8. The van der Waals surface area contributed by atoms with Gasteiger partial charge in [0.05, 0.1) is 27.8 Å². The largest absolute Gasteiger partial charge is 0.504 e. The number of para-hydroxylation sites is 1. The molecular weight excluding hydrogens is 846 g/mol. The zero-order valence-corrected chi connectivity index (χ0v) is 35.6. The zero-order valence-electron chi connectivity index (χ0n) is 33.1. The Morgan fingerprint density at radius 2 is 0.950 bits per heavy atom. The molecule has 0 aliphatic carbocycles. The van der Waals surface area contributed by atoms with E-state index < -0.39 is 57.3 Å². The van der Waals surface area contributed by atoms with Crippen LogP contribution in [0.15, 0.2) is 114 Å². The fourth-order valence-corrected chi connectivity index (χ4v) is 7.81. The van der Waals surface area contributed by atoms with Crippen LogP contribution < -0.4 is 0 Å². The molecule has 1 aromatic heterocycles. The summed E-state index contributed by atoms with van der Waals surface area (Å²) in [5.74, 6) is -8.02. The Balaban J connectivity index is 0.00000147. The van der Waals surface area contributed by atoms with E-state index >= 15 is 0 Å². The summed E-state index contributed by atoms with van der Waals surface area (Å²) in [6, 6.07) is 34.1. The van der Waals surface area contributed by atoms with Crippen molar-refractivity contribution in [2.45, 2.75) is 33.6 Å². The van der Waals surface area contributed by atoms with E-state index in [0.717, 1.165) is 37.5 Å². The van der Waals surface area contributed by atoms with Gasteiger partial charge in [0, 0.05) is 26.4 Å². The summed E-state index contributed by atoms with van der Waals surface area (Å²) >= 11 is 7.04. The average molecular weight is 891 g/mol. The van der Waals surface area contributed by atoms with E-state index in [9.17, 15) is 46.0 Å². The number of aromatic hydroxyl groups is 9. The van der Waals surface area contributed by atoms with Gasteiger partial charge in [-0.2, -0.15) is 12.6 Å². The van der Waals surface area contributed by atoms with E-state index in [4.69, 9.17) is 0 Å². The lowest BCUT2D eigenvalue weighted by Crippen LogP contribution is -1.99. The molecule has 0 aliphatic rings. The van der Waals surface area contributed by atoms with Gasteiger partial charge in [0.1, 0.15) is 0 Å². The first kappa shape index (κ1) is 43.0. The molecule has 0 amide bonds. The van der Waals surface area contributed by atoms with Crippen LogP contribution in [-0.4, -0.2) is 56.8 Å². The fourth-order valence-electron chi connectivity index (χ4n) is 7.55. The average Bonchev–Trinajstić information content (AvgIpc) is 3.61. The summed E-state index contributed by atoms with van der Waals surface area (Å²) in [5, 5.41) is 100. The Hall–Kier alpha value is -6.63. The van der Waals surface area contributed by atoms with Crippen LogP contribution in [0.5, 0.6) is 51.7 Å². The normalized spacial score (nSPS) is 10.9. The van der Waals surface area contributed by atoms with E-state index in [1.54, 1.807) is 19.2 Å². The van der Waals surface area contributed by atoms with Crippen LogP contribution in [0.4, 0.5) is 0 Å². The molecule has 0 spiro atoms. The number of fused-ring (bicyclic) bond motifs is 3. The van der Waals surface area contributed by atoms with Gasteiger partial charge < -0.3 is 50.5 Å². The first-order valence-corrected chi connectivity index (χ1v) is 20.8. The van der Waals surface area contributed by atoms with Gasteiger partial charge in [0.15, 0.2) is 34.5 Å². The minimum absolute atomic E-state index is 0.0168. The van der Waals surface area contributed by atoms with Gasteiger partial charge in [0.25, 0.3) is 0 Å². The Labute approximate surface area is 360 Å². The highest BCUT2D eigenvalue weighted by molar-refractivity contribution is 9.10. The number of hydrogen-bond acceptors (Lipinski definition) is 10. The highest BCUT2D eigenvalue weighted by Crippen LogP contribution is 2.58. The zero-order chi connectivity index (χ0) is 43.6. The molecule has 60 heavy (non-hydrogen) atoms. The number of benzene rings is 7. The van der Waals surface area contributed by atoms with Crippen molar-refractivity contribution in [3.8, 4) is 102 Å². The van der Waals surface area contributed by atoms with Crippen LogP contribution in [-0.2, 0) is 6.42 Å². The first-order chi connectivity index (χ1) is 28.9. The topological polar surface area (TPSA) is 187 Å². The SMILES string of the molecule is CC.CCCc1c(O)c(O)c(-c2ccc(-n3c4ccccc4c4ccc(-c5ccccc5-c5ccc(Br)cc5)cc43)c(-c3c(O)c(O)c(O)c(O)c3O)c2)c(O)c1O.CS. The molecule has 9 N–H and O–H groups in total. The number of nitrogens with zero attached hydrogens (tertiary/aromatic N) is 1. The molecule has 7 aromatic carbocycles. The molecule has 8 aromatic rings. The smallest absolute Gasteiger partial charge is 0.208 e. The summed E-state index contributed by atoms with van der Waals surface area (Å²) in [7, 11) is 0. The molecule has 10 nitrogen and oxygen atoms in total. The lowest BCUT2D eigenvalue weighted by Gasteiger charge is -2.20. The van der Waals surface area contributed by atoms with Gasteiger partial charge in [-0.25, -0.2) is 0 Å². The number of aromatic nitrogens is 1. The van der Waals surface area contributed by atoms with Gasteiger partial charge >= 0.3 is 0 Å². The Morgan fingerprint density at radius 1 is 0.467 bits per heavy atom. The summed E-state index contributed by atoms with van der Waals surface area (Å²) in [4.78, 5) is 0. The third-order valence-electron chi connectivity index (χ3n) is 10.2. The minimum Gasteiger partial charge on any atom is -0.504 e. The van der Waals surface area contributed by atoms with Crippen LogP contribution in [0.25, 0.3) is 72.0 Å². The van der Waals surface area contributed by atoms with Crippen LogP contribution >= 0.6 is 28.6 Å². The number of thiol groups is 1. The molecule has 0 saturated heterocycles. The highest BCUT2D eigenvalue weighted by atomic mass is 79.9. The molecular formula is C48H44BrNO9S.